The first-order valence-electron chi connectivity index (χ1n) is 5.02. The van der Waals surface area contributed by atoms with Gasteiger partial charge < -0.3 is 5.73 Å². The number of nitrogens with one attached hydrogen (secondary N) is 1. The van der Waals surface area contributed by atoms with Crippen LogP contribution in [0.1, 0.15) is 24.9 Å². The number of carbonyl (C=O) groups is 2. The molecule has 94 valence electrons. The van der Waals surface area contributed by atoms with Crippen molar-refractivity contribution in [1.29, 1.82) is 0 Å². The Bertz CT molecular complexity index is 589. The molecule has 5 N–H and O–H groups in total. The largest absolute Gasteiger partial charge is 0.366 e. The number of nitrogens with zero attached hydrogens (tertiary/aromatic N) is 2. The molecule has 0 unspecified atom stereocenters. The number of primary amides is 1. The van der Waals surface area contributed by atoms with Crippen molar-refractivity contribution in [2.75, 3.05) is 0 Å². The van der Waals surface area contributed by atoms with E-state index in [1.54, 1.807) is 23.0 Å². The first-order chi connectivity index (χ1) is 8.60. The number of hydrogen-bond donors (Lipinski definition) is 3. The van der Waals surface area contributed by atoms with Crippen LogP contribution in [0.4, 0.5) is 0 Å². The van der Waals surface area contributed by atoms with Crippen LogP contribution >= 0.6 is 11.3 Å². The third kappa shape index (κ3) is 2.55. The fraction of sp³-hybridized carbons (Fsp3) is 0.100. The lowest BCUT2D eigenvalue weighted by Gasteiger charge is -1.97. The number of rotatable bonds is 4. The maximum atomic E-state index is 11.3. The van der Waals surface area contributed by atoms with E-state index >= 15 is 0 Å². The monoisotopic (exact) mass is 265 g/mol. The van der Waals surface area contributed by atoms with Gasteiger partial charge >= 0.3 is 0 Å². The quantitative estimate of drug-likeness (QED) is 0.399. The van der Waals surface area contributed by atoms with Crippen molar-refractivity contribution in [2.24, 2.45) is 11.6 Å². The Balaban J connectivity index is 2.11. The maximum absolute atomic E-state index is 11.3. The zero-order chi connectivity index (χ0) is 13.1. The van der Waals surface area contributed by atoms with Gasteiger partial charge in [0.1, 0.15) is 0 Å². The summed E-state index contributed by atoms with van der Waals surface area (Å²) in [6, 6.07) is 3.49. The number of carbonyl (C=O) groups excluding carboxylic acids is 2. The van der Waals surface area contributed by atoms with Gasteiger partial charge in [0, 0.05) is 11.1 Å². The summed E-state index contributed by atoms with van der Waals surface area (Å²) in [5.74, 6) is 4.19. The van der Waals surface area contributed by atoms with Crippen molar-refractivity contribution in [1.82, 2.24) is 15.2 Å². The molecule has 7 nitrogen and oxygen atoms in total. The standard InChI is InChI=1S/C10H11N5O2S/c11-9(16)6-3-13-15(4-6)5-7-1-2-8(18-7)10(17)14-12/h1-4H,5,12H2,(H2,11,16)(H,14,17). The van der Waals surface area contributed by atoms with Gasteiger partial charge in [-0.15, -0.1) is 11.3 Å². The minimum Gasteiger partial charge on any atom is -0.366 e. The predicted octanol–water partition coefficient (Wildman–Crippen LogP) is -0.305. The van der Waals surface area contributed by atoms with Crippen LogP contribution in [0.2, 0.25) is 0 Å². The Morgan fingerprint density at radius 1 is 1.44 bits per heavy atom. The molecule has 0 aliphatic heterocycles. The van der Waals surface area contributed by atoms with Crippen LogP contribution in [0.25, 0.3) is 0 Å². The van der Waals surface area contributed by atoms with E-state index in [2.05, 4.69) is 10.5 Å². The van der Waals surface area contributed by atoms with E-state index in [1.807, 2.05) is 0 Å². The van der Waals surface area contributed by atoms with Crippen LogP contribution in [-0.2, 0) is 6.54 Å². The molecule has 0 aliphatic rings. The zero-order valence-corrected chi connectivity index (χ0v) is 10.1. The van der Waals surface area contributed by atoms with Gasteiger partial charge in [-0.25, -0.2) is 5.84 Å². The molecule has 0 saturated carbocycles. The summed E-state index contributed by atoms with van der Waals surface area (Å²) in [7, 11) is 0. The third-order valence-electron chi connectivity index (χ3n) is 2.25. The molecule has 2 aromatic rings. The van der Waals surface area contributed by atoms with Crippen molar-refractivity contribution in [3.8, 4) is 0 Å². The van der Waals surface area contributed by atoms with Crippen molar-refractivity contribution >= 4 is 23.2 Å². The average molecular weight is 265 g/mol. The first-order valence-corrected chi connectivity index (χ1v) is 5.83. The number of thiophene rings is 1. The summed E-state index contributed by atoms with van der Waals surface area (Å²) in [5, 5.41) is 4.00. The van der Waals surface area contributed by atoms with Gasteiger partial charge in [0.15, 0.2) is 0 Å². The second-order valence-electron chi connectivity index (χ2n) is 3.53. The topological polar surface area (TPSA) is 116 Å². The fourth-order valence-electron chi connectivity index (χ4n) is 1.39. The zero-order valence-electron chi connectivity index (χ0n) is 9.29. The molecule has 0 aliphatic carbocycles. The highest BCUT2D eigenvalue weighted by Crippen LogP contribution is 2.17. The molecule has 0 aromatic carbocycles. The van der Waals surface area contributed by atoms with E-state index < -0.39 is 5.91 Å². The second-order valence-corrected chi connectivity index (χ2v) is 4.70. The lowest BCUT2D eigenvalue weighted by Crippen LogP contribution is -2.29. The molecule has 8 heteroatoms. The highest BCUT2D eigenvalue weighted by molar-refractivity contribution is 7.14. The maximum Gasteiger partial charge on any atom is 0.275 e. The van der Waals surface area contributed by atoms with Crippen LogP contribution in [0.3, 0.4) is 0 Å². The van der Waals surface area contributed by atoms with E-state index in [4.69, 9.17) is 11.6 Å². The molecule has 2 aromatic heterocycles. The van der Waals surface area contributed by atoms with Crippen molar-refractivity contribution in [2.45, 2.75) is 6.54 Å². The van der Waals surface area contributed by atoms with Crippen LogP contribution in [-0.4, -0.2) is 21.6 Å². The van der Waals surface area contributed by atoms with Crippen molar-refractivity contribution in [3.05, 3.63) is 39.8 Å². The molecule has 0 saturated heterocycles. The normalized spacial score (nSPS) is 10.3. The molecule has 18 heavy (non-hydrogen) atoms. The van der Waals surface area contributed by atoms with Gasteiger partial charge in [-0.2, -0.15) is 5.10 Å². The average Bonchev–Trinajstić information content (AvgIpc) is 2.98. The molecule has 0 radical (unpaired) electrons. The van der Waals surface area contributed by atoms with Crippen LogP contribution in [0, 0.1) is 0 Å². The molecule has 0 fully saturated rings. The van der Waals surface area contributed by atoms with Gasteiger partial charge in [0.2, 0.25) is 0 Å². The summed E-state index contributed by atoms with van der Waals surface area (Å²) < 4.78 is 1.58. The third-order valence-corrected chi connectivity index (χ3v) is 3.32. The van der Waals surface area contributed by atoms with Gasteiger partial charge in [0.05, 0.1) is 23.2 Å². The minimum atomic E-state index is -0.518. The number of amides is 2. The first kappa shape index (κ1) is 12.3. The molecular formula is C10H11N5O2S. The van der Waals surface area contributed by atoms with E-state index in [9.17, 15) is 9.59 Å². The summed E-state index contributed by atoms with van der Waals surface area (Å²) in [5.41, 5.74) is 7.54. The number of aromatic nitrogens is 2. The molecule has 2 amide bonds. The van der Waals surface area contributed by atoms with E-state index in [0.29, 0.717) is 17.0 Å². The molecule has 0 spiro atoms. The Kier molecular flexibility index (Phi) is 3.40. The van der Waals surface area contributed by atoms with Crippen LogP contribution < -0.4 is 17.0 Å². The van der Waals surface area contributed by atoms with Crippen LogP contribution in [0.5, 0.6) is 0 Å². The van der Waals surface area contributed by atoms with Gasteiger partial charge in [-0.1, -0.05) is 0 Å². The lowest BCUT2D eigenvalue weighted by atomic mass is 10.3. The highest BCUT2D eigenvalue weighted by atomic mass is 32.1. The highest BCUT2D eigenvalue weighted by Gasteiger charge is 2.09. The Labute approximate surface area is 106 Å². The van der Waals surface area contributed by atoms with Gasteiger partial charge in [0.25, 0.3) is 11.8 Å². The van der Waals surface area contributed by atoms with Gasteiger partial charge in [-0.05, 0) is 12.1 Å². The summed E-state index contributed by atoms with van der Waals surface area (Å²) >= 11 is 1.31. The number of nitrogens with two attached hydrogens (primary N) is 2. The Morgan fingerprint density at radius 2 is 2.22 bits per heavy atom. The predicted molar refractivity (Wildman–Crippen MR) is 65.8 cm³/mol. The molecule has 2 heterocycles. The Morgan fingerprint density at radius 3 is 2.83 bits per heavy atom. The Hall–Kier alpha value is -2.19. The number of hydrogen-bond acceptors (Lipinski definition) is 5. The molecule has 0 atom stereocenters. The van der Waals surface area contributed by atoms with Crippen molar-refractivity contribution in [3.63, 3.8) is 0 Å². The summed E-state index contributed by atoms with van der Waals surface area (Å²) in [4.78, 5) is 23.6. The summed E-state index contributed by atoms with van der Waals surface area (Å²) in [6.07, 6.45) is 2.97. The molecular weight excluding hydrogens is 254 g/mol. The lowest BCUT2D eigenvalue weighted by molar-refractivity contribution is 0.0956. The molecule has 0 bridgehead atoms. The fourth-order valence-corrected chi connectivity index (χ4v) is 2.30. The number of hydrazine groups is 1. The van der Waals surface area contributed by atoms with Crippen molar-refractivity contribution < 1.29 is 9.59 Å². The number of nitrogen functional groups attached to an aromatic ring is 1. The minimum absolute atomic E-state index is 0.329. The van der Waals surface area contributed by atoms with E-state index in [1.165, 1.54) is 17.5 Å². The van der Waals surface area contributed by atoms with E-state index in [-0.39, 0.29) is 5.91 Å². The molecule has 2 rings (SSSR count). The van der Waals surface area contributed by atoms with E-state index in [0.717, 1.165) is 4.88 Å². The second kappa shape index (κ2) is 4.98. The smallest absolute Gasteiger partial charge is 0.275 e. The summed E-state index contributed by atoms with van der Waals surface area (Å²) in [6.45, 7) is 0.468. The SMILES string of the molecule is NNC(=O)c1ccc(Cn2cc(C(N)=O)cn2)s1. The van der Waals surface area contributed by atoms with Gasteiger partial charge in [-0.3, -0.25) is 19.7 Å². The van der Waals surface area contributed by atoms with Crippen LogP contribution in [0.15, 0.2) is 24.5 Å².